The van der Waals surface area contributed by atoms with Gasteiger partial charge in [0.2, 0.25) is 5.91 Å². The first-order valence-electron chi connectivity index (χ1n) is 7.64. The Bertz CT molecular complexity index is 608. The predicted molar refractivity (Wildman–Crippen MR) is 94.9 cm³/mol. The van der Waals surface area contributed by atoms with E-state index < -0.39 is 5.54 Å². The first-order chi connectivity index (χ1) is 10.4. The number of rotatable bonds is 6. The maximum absolute atomic E-state index is 12.2. The van der Waals surface area contributed by atoms with E-state index >= 15 is 0 Å². The number of nitrogens with one attached hydrogen (secondary N) is 1. The van der Waals surface area contributed by atoms with Crippen LogP contribution in [0.2, 0.25) is 0 Å². The van der Waals surface area contributed by atoms with Crippen molar-refractivity contribution in [3.63, 3.8) is 0 Å². The number of benzene rings is 1. The lowest BCUT2D eigenvalue weighted by molar-refractivity contribution is -0.126. The summed E-state index contributed by atoms with van der Waals surface area (Å²) < 4.78 is 1.80. The highest BCUT2D eigenvalue weighted by Gasteiger charge is 2.28. The van der Waals surface area contributed by atoms with Crippen LogP contribution in [0.15, 0.2) is 42.7 Å². The van der Waals surface area contributed by atoms with E-state index in [2.05, 4.69) is 10.4 Å². The molecule has 0 saturated carbocycles. The second-order valence-corrected chi connectivity index (χ2v) is 5.90. The van der Waals surface area contributed by atoms with Gasteiger partial charge in [0, 0.05) is 12.4 Å². The Labute approximate surface area is 143 Å². The van der Waals surface area contributed by atoms with E-state index in [0.29, 0.717) is 6.42 Å². The molecule has 0 aliphatic carbocycles. The molecule has 0 aliphatic rings. The van der Waals surface area contributed by atoms with Gasteiger partial charge in [-0.3, -0.25) is 4.79 Å². The fourth-order valence-corrected chi connectivity index (χ4v) is 2.41. The molecular formula is C17H25ClN4O. The number of aromatic nitrogens is 2. The second-order valence-electron chi connectivity index (χ2n) is 5.90. The summed E-state index contributed by atoms with van der Waals surface area (Å²) in [7, 11) is 0. The SMILES string of the molecule is CCCC(C)(N)C(=O)NC(C)c1ccc(-n2cccn2)cc1.Cl. The van der Waals surface area contributed by atoms with Crippen LogP contribution in [-0.4, -0.2) is 21.2 Å². The first-order valence-corrected chi connectivity index (χ1v) is 7.64. The largest absolute Gasteiger partial charge is 0.348 e. The van der Waals surface area contributed by atoms with Gasteiger partial charge < -0.3 is 11.1 Å². The number of hydrogen-bond donors (Lipinski definition) is 2. The average Bonchev–Trinajstić information content (AvgIpc) is 3.01. The third-order valence-corrected chi connectivity index (χ3v) is 3.80. The van der Waals surface area contributed by atoms with Crippen molar-refractivity contribution in [3.05, 3.63) is 48.3 Å². The van der Waals surface area contributed by atoms with Crippen LogP contribution >= 0.6 is 12.4 Å². The van der Waals surface area contributed by atoms with Gasteiger partial charge in [0.15, 0.2) is 0 Å². The number of hydrogen-bond acceptors (Lipinski definition) is 3. The molecule has 1 aromatic heterocycles. The molecule has 1 heterocycles. The van der Waals surface area contributed by atoms with Crippen molar-refractivity contribution >= 4 is 18.3 Å². The zero-order chi connectivity index (χ0) is 16.2. The standard InChI is InChI=1S/C17H24N4O.ClH/c1-4-10-17(3,18)16(22)20-13(2)14-6-8-15(9-7-14)21-12-5-11-19-21;/h5-9,11-13H,4,10,18H2,1-3H3,(H,20,22);1H. The molecule has 6 heteroatoms. The van der Waals surface area contributed by atoms with Crippen LogP contribution in [-0.2, 0) is 4.79 Å². The molecule has 0 spiro atoms. The van der Waals surface area contributed by atoms with Gasteiger partial charge in [-0.05, 0) is 44.0 Å². The predicted octanol–water partition coefficient (Wildman–Crippen LogP) is 2.99. The van der Waals surface area contributed by atoms with E-state index in [1.807, 2.05) is 50.4 Å². The molecule has 5 nitrogen and oxygen atoms in total. The van der Waals surface area contributed by atoms with Crippen LogP contribution in [0.25, 0.3) is 5.69 Å². The molecule has 0 fully saturated rings. The van der Waals surface area contributed by atoms with Gasteiger partial charge in [-0.2, -0.15) is 5.10 Å². The van der Waals surface area contributed by atoms with Crippen molar-refractivity contribution in [2.45, 2.75) is 45.2 Å². The summed E-state index contributed by atoms with van der Waals surface area (Å²) in [5.41, 5.74) is 7.27. The molecule has 2 atom stereocenters. The van der Waals surface area contributed by atoms with Gasteiger partial charge in [-0.1, -0.05) is 25.5 Å². The van der Waals surface area contributed by atoms with E-state index in [0.717, 1.165) is 17.7 Å². The lowest BCUT2D eigenvalue weighted by atomic mass is 9.95. The van der Waals surface area contributed by atoms with Crippen LogP contribution in [0.3, 0.4) is 0 Å². The molecule has 2 unspecified atom stereocenters. The van der Waals surface area contributed by atoms with Crippen molar-refractivity contribution in [2.24, 2.45) is 5.73 Å². The number of carbonyl (C=O) groups is 1. The van der Waals surface area contributed by atoms with Gasteiger partial charge in [0.05, 0.1) is 17.3 Å². The molecule has 3 N–H and O–H groups in total. The number of carbonyl (C=O) groups excluding carboxylic acids is 1. The fraction of sp³-hybridized carbons (Fsp3) is 0.412. The number of nitrogens with two attached hydrogens (primary N) is 1. The minimum atomic E-state index is -0.821. The molecule has 23 heavy (non-hydrogen) atoms. The van der Waals surface area contributed by atoms with Crippen LogP contribution in [0.4, 0.5) is 0 Å². The molecule has 0 radical (unpaired) electrons. The minimum Gasteiger partial charge on any atom is -0.348 e. The van der Waals surface area contributed by atoms with Crippen LogP contribution in [0, 0.1) is 0 Å². The molecule has 0 saturated heterocycles. The summed E-state index contributed by atoms with van der Waals surface area (Å²) >= 11 is 0. The summed E-state index contributed by atoms with van der Waals surface area (Å²) in [6.07, 6.45) is 5.19. The molecule has 1 aromatic carbocycles. The summed E-state index contributed by atoms with van der Waals surface area (Å²) in [6, 6.07) is 9.76. The van der Waals surface area contributed by atoms with Crippen molar-refractivity contribution in [1.82, 2.24) is 15.1 Å². The van der Waals surface area contributed by atoms with E-state index in [9.17, 15) is 4.79 Å². The number of nitrogens with zero attached hydrogens (tertiary/aromatic N) is 2. The Hall–Kier alpha value is -1.85. The quantitative estimate of drug-likeness (QED) is 0.851. The van der Waals surface area contributed by atoms with Crippen LogP contribution in [0.5, 0.6) is 0 Å². The Morgan fingerprint density at radius 3 is 2.57 bits per heavy atom. The van der Waals surface area contributed by atoms with Crippen molar-refractivity contribution in [2.75, 3.05) is 0 Å². The van der Waals surface area contributed by atoms with Gasteiger partial charge in [-0.25, -0.2) is 4.68 Å². The Kier molecular flexibility index (Phi) is 6.79. The lowest BCUT2D eigenvalue weighted by Crippen LogP contribution is -2.52. The topological polar surface area (TPSA) is 72.9 Å². The Balaban J connectivity index is 0.00000264. The van der Waals surface area contributed by atoms with Crippen molar-refractivity contribution in [3.8, 4) is 5.69 Å². The second kappa shape index (κ2) is 8.13. The highest BCUT2D eigenvalue weighted by atomic mass is 35.5. The van der Waals surface area contributed by atoms with E-state index in [4.69, 9.17) is 5.73 Å². The third-order valence-electron chi connectivity index (χ3n) is 3.80. The molecule has 0 aliphatic heterocycles. The van der Waals surface area contributed by atoms with Crippen LogP contribution < -0.4 is 11.1 Å². The summed E-state index contributed by atoms with van der Waals surface area (Å²) in [5.74, 6) is -0.113. The number of amides is 1. The van der Waals surface area contributed by atoms with Gasteiger partial charge >= 0.3 is 0 Å². The fourth-order valence-electron chi connectivity index (χ4n) is 2.41. The smallest absolute Gasteiger partial charge is 0.240 e. The summed E-state index contributed by atoms with van der Waals surface area (Å²) in [4.78, 5) is 12.2. The lowest BCUT2D eigenvalue weighted by Gasteiger charge is -2.25. The summed E-state index contributed by atoms with van der Waals surface area (Å²) in [6.45, 7) is 5.76. The van der Waals surface area contributed by atoms with E-state index in [1.54, 1.807) is 17.8 Å². The maximum Gasteiger partial charge on any atom is 0.240 e. The number of halogens is 1. The van der Waals surface area contributed by atoms with Crippen molar-refractivity contribution < 1.29 is 4.79 Å². The zero-order valence-corrected chi connectivity index (χ0v) is 14.6. The van der Waals surface area contributed by atoms with Gasteiger partial charge in [0.25, 0.3) is 0 Å². The third kappa shape index (κ3) is 4.81. The first kappa shape index (κ1) is 19.2. The molecular weight excluding hydrogens is 312 g/mol. The van der Waals surface area contributed by atoms with Crippen LogP contribution in [0.1, 0.15) is 45.2 Å². The average molecular weight is 337 g/mol. The van der Waals surface area contributed by atoms with Gasteiger partial charge in [0.1, 0.15) is 0 Å². The Morgan fingerprint density at radius 1 is 1.39 bits per heavy atom. The molecule has 1 amide bonds. The normalized spacial score (nSPS) is 14.4. The molecule has 2 aromatic rings. The van der Waals surface area contributed by atoms with E-state index in [-0.39, 0.29) is 24.4 Å². The summed E-state index contributed by atoms with van der Waals surface area (Å²) in [5, 5.41) is 7.18. The monoisotopic (exact) mass is 336 g/mol. The van der Waals surface area contributed by atoms with Gasteiger partial charge in [-0.15, -0.1) is 12.4 Å². The maximum atomic E-state index is 12.2. The molecule has 126 valence electrons. The zero-order valence-electron chi connectivity index (χ0n) is 13.8. The molecule has 0 bridgehead atoms. The highest BCUT2D eigenvalue weighted by molar-refractivity contribution is 5.86. The minimum absolute atomic E-state index is 0. The van der Waals surface area contributed by atoms with E-state index in [1.165, 1.54) is 0 Å². The highest BCUT2D eigenvalue weighted by Crippen LogP contribution is 2.17. The Morgan fingerprint density at radius 2 is 2.04 bits per heavy atom. The molecule has 2 rings (SSSR count). The van der Waals surface area contributed by atoms with Crippen molar-refractivity contribution in [1.29, 1.82) is 0 Å².